The minimum absolute atomic E-state index is 0.0602. The molecule has 0 saturated heterocycles. The Balaban J connectivity index is 0. The molecule has 0 bridgehead atoms. The largest absolute Gasteiger partial charge is 0.475 e. The molecule has 7 heteroatoms. The highest BCUT2D eigenvalue weighted by Gasteiger charge is 2.22. The summed E-state index contributed by atoms with van der Waals surface area (Å²) in [5, 5.41) is 25.1. The van der Waals surface area contributed by atoms with Crippen LogP contribution in [0.5, 0.6) is 0 Å². The van der Waals surface area contributed by atoms with E-state index in [1.807, 2.05) is 0 Å². The second-order valence-corrected chi connectivity index (χ2v) is 4.58. The quantitative estimate of drug-likeness (QED) is 0.472. The van der Waals surface area contributed by atoms with Gasteiger partial charge in [0.1, 0.15) is 0 Å². The van der Waals surface area contributed by atoms with E-state index in [1.54, 1.807) is 6.92 Å². The maximum absolute atomic E-state index is 10.4. The number of carboxylic acids is 2. The summed E-state index contributed by atoms with van der Waals surface area (Å²) in [6.07, 6.45) is -0.405. The van der Waals surface area contributed by atoms with Gasteiger partial charge in [0.2, 0.25) is 11.6 Å². The highest BCUT2D eigenvalue weighted by molar-refractivity contribution is 6.33. The predicted octanol–water partition coefficient (Wildman–Crippen LogP) is 0.407. The van der Waals surface area contributed by atoms with Crippen molar-refractivity contribution in [3.05, 3.63) is 12.2 Å². The number of carbonyl (C=O) groups is 4. The van der Waals surface area contributed by atoms with Crippen molar-refractivity contribution in [2.75, 3.05) is 0 Å². The number of aliphatic hydroxyl groups is 1. The van der Waals surface area contributed by atoms with E-state index < -0.39 is 29.1 Å². The van der Waals surface area contributed by atoms with Crippen LogP contribution in [0.3, 0.4) is 0 Å². The van der Waals surface area contributed by atoms with E-state index in [0.29, 0.717) is 5.57 Å². The third kappa shape index (κ3) is 13.9. The van der Waals surface area contributed by atoms with Crippen molar-refractivity contribution < 1.29 is 34.5 Å². The molecule has 0 spiro atoms. The number of hydrogen-bond acceptors (Lipinski definition) is 5. The normalized spacial score (nSPS) is 9.89. The Hall–Kier alpha value is -2.02. The van der Waals surface area contributed by atoms with Gasteiger partial charge in [0.05, 0.1) is 5.60 Å². The molecule has 3 N–H and O–H groups in total. The van der Waals surface area contributed by atoms with Crippen LogP contribution in [0.1, 0.15) is 33.6 Å². The number of carboxylic acid groups (broad SMARTS) is 2. The number of aliphatic carboxylic acids is 2. The van der Waals surface area contributed by atoms with Crippen LogP contribution in [0.2, 0.25) is 0 Å². The first-order valence-electron chi connectivity index (χ1n) is 5.26. The molecule has 0 aliphatic heterocycles. The van der Waals surface area contributed by atoms with E-state index in [4.69, 9.17) is 15.3 Å². The minimum Gasteiger partial charge on any atom is -0.475 e. The van der Waals surface area contributed by atoms with E-state index in [1.165, 1.54) is 13.8 Å². The maximum atomic E-state index is 10.4. The lowest BCUT2D eigenvalue weighted by Crippen LogP contribution is -2.27. The molecule has 0 saturated carbocycles. The number of allylic oxidation sites excluding steroid dienone is 1. The number of Topliss-reactive ketones (excluding diaryl/α,β-unsaturated/α-hetero) is 2. The minimum atomic E-state index is -1.50. The molecule has 0 heterocycles. The zero-order chi connectivity index (χ0) is 15.8. The number of carbonyl (C=O) groups excluding carboxylic acids is 2. The van der Waals surface area contributed by atoms with E-state index in [0.717, 1.165) is 0 Å². The van der Waals surface area contributed by atoms with Crippen LogP contribution in [-0.2, 0) is 19.2 Å². The average Bonchev–Trinajstić information content (AvgIpc) is 2.14. The Morgan fingerprint density at radius 1 is 1.00 bits per heavy atom. The van der Waals surface area contributed by atoms with Crippen LogP contribution in [-0.4, -0.2) is 44.4 Å². The molecule has 0 unspecified atom stereocenters. The molecule has 19 heavy (non-hydrogen) atoms. The molecular weight excluding hydrogens is 256 g/mol. The molecule has 0 aromatic carbocycles. The monoisotopic (exact) mass is 274 g/mol. The van der Waals surface area contributed by atoms with Crippen molar-refractivity contribution >= 4 is 23.5 Å². The van der Waals surface area contributed by atoms with Gasteiger partial charge < -0.3 is 15.3 Å². The Morgan fingerprint density at radius 2 is 1.37 bits per heavy atom. The highest BCUT2D eigenvalue weighted by Crippen LogP contribution is 2.06. The summed E-state index contributed by atoms with van der Waals surface area (Å²) < 4.78 is 0. The van der Waals surface area contributed by atoms with Gasteiger partial charge in [-0.15, -0.1) is 0 Å². The summed E-state index contributed by atoms with van der Waals surface area (Å²) in [5.41, 5.74) is -0.655. The van der Waals surface area contributed by atoms with Gasteiger partial charge in [-0.1, -0.05) is 12.2 Å². The van der Waals surface area contributed by atoms with Crippen LogP contribution in [0.15, 0.2) is 12.2 Å². The fourth-order valence-corrected chi connectivity index (χ4v) is 0.818. The maximum Gasteiger partial charge on any atom is 0.372 e. The first-order valence-corrected chi connectivity index (χ1v) is 5.26. The van der Waals surface area contributed by atoms with Crippen molar-refractivity contribution in [3.63, 3.8) is 0 Å². The lowest BCUT2D eigenvalue weighted by atomic mass is 10.0. The van der Waals surface area contributed by atoms with E-state index in [-0.39, 0.29) is 12.8 Å². The summed E-state index contributed by atoms with van der Waals surface area (Å²) in [6, 6.07) is 0. The molecule has 0 aliphatic rings. The van der Waals surface area contributed by atoms with Gasteiger partial charge >= 0.3 is 11.9 Å². The van der Waals surface area contributed by atoms with E-state index >= 15 is 0 Å². The van der Waals surface area contributed by atoms with E-state index in [9.17, 15) is 19.2 Å². The van der Waals surface area contributed by atoms with Crippen molar-refractivity contribution in [1.82, 2.24) is 0 Å². The molecule has 0 aromatic rings. The third-order valence-corrected chi connectivity index (χ3v) is 1.53. The van der Waals surface area contributed by atoms with Gasteiger partial charge in [0.15, 0.2) is 0 Å². The van der Waals surface area contributed by atoms with Crippen molar-refractivity contribution in [1.29, 1.82) is 0 Å². The summed E-state index contributed by atoms with van der Waals surface area (Å²) in [6.45, 7) is 7.77. The number of hydrogen-bond donors (Lipinski definition) is 3. The predicted molar refractivity (Wildman–Crippen MR) is 65.6 cm³/mol. The van der Waals surface area contributed by atoms with Crippen molar-refractivity contribution in [3.8, 4) is 0 Å². The summed E-state index contributed by atoms with van der Waals surface area (Å²) in [5.74, 6) is -4.66. The number of rotatable bonds is 6. The average molecular weight is 274 g/mol. The SMILES string of the molecule is C=C(C)CC(=O)C(=O)O.CC(C)(O)CC(=O)C(=O)O. The third-order valence-electron chi connectivity index (χ3n) is 1.53. The van der Waals surface area contributed by atoms with Crippen LogP contribution < -0.4 is 0 Å². The summed E-state index contributed by atoms with van der Waals surface area (Å²) in [4.78, 5) is 40.5. The van der Waals surface area contributed by atoms with Gasteiger partial charge in [-0.3, -0.25) is 9.59 Å². The Kier molecular flexibility index (Phi) is 8.29. The zero-order valence-corrected chi connectivity index (χ0v) is 11.1. The van der Waals surface area contributed by atoms with Crippen molar-refractivity contribution in [2.24, 2.45) is 0 Å². The smallest absolute Gasteiger partial charge is 0.372 e. The van der Waals surface area contributed by atoms with Gasteiger partial charge in [-0.05, 0) is 20.8 Å². The summed E-state index contributed by atoms with van der Waals surface area (Å²) in [7, 11) is 0. The Bertz CT molecular complexity index is 387. The molecule has 108 valence electrons. The fraction of sp³-hybridized carbons (Fsp3) is 0.500. The molecule has 0 atom stereocenters. The molecule has 0 amide bonds. The van der Waals surface area contributed by atoms with Crippen LogP contribution in [0.4, 0.5) is 0 Å². The number of ketones is 2. The molecule has 0 radical (unpaired) electrons. The fourth-order valence-electron chi connectivity index (χ4n) is 0.818. The Labute approximate surface area is 110 Å². The van der Waals surface area contributed by atoms with E-state index in [2.05, 4.69) is 6.58 Å². The molecular formula is C12H18O7. The lowest BCUT2D eigenvalue weighted by molar-refractivity contribution is -0.151. The summed E-state index contributed by atoms with van der Waals surface area (Å²) >= 11 is 0. The van der Waals surface area contributed by atoms with Crippen LogP contribution in [0.25, 0.3) is 0 Å². The molecule has 0 fully saturated rings. The first kappa shape index (κ1) is 19.3. The standard InChI is InChI=1S/C6H10O4.C6H8O3/c1-6(2,10)3-4(7)5(8)9;1-4(2)3-5(7)6(8)9/h10H,3H2,1-2H3,(H,8,9);1,3H2,2H3,(H,8,9). The molecule has 0 aromatic heterocycles. The van der Waals surface area contributed by atoms with Gasteiger partial charge in [-0.25, -0.2) is 9.59 Å². The topological polar surface area (TPSA) is 129 Å². The first-order chi connectivity index (χ1) is 8.36. The second kappa shape index (κ2) is 8.15. The molecule has 0 aliphatic carbocycles. The van der Waals surface area contributed by atoms with Gasteiger partial charge in [0.25, 0.3) is 0 Å². The van der Waals surface area contributed by atoms with Crippen LogP contribution in [0, 0.1) is 0 Å². The van der Waals surface area contributed by atoms with Gasteiger partial charge in [-0.2, -0.15) is 0 Å². The Morgan fingerprint density at radius 3 is 1.47 bits per heavy atom. The van der Waals surface area contributed by atoms with Crippen LogP contribution >= 0.6 is 0 Å². The van der Waals surface area contributed by atoms with Gasteiger partial charge in [0, 0.05) is 12.8 Å². The molecule has 0 rings (SSSR count). The van der Waals surface area contributed by atoms with Crippen molar-refractivity contribution in [2.45, 2.75) is 39.2 Å². The zero-order valence-electron chi connectivity index (χ0n) is 11.1. The lowest BCUT2D eigenvalue weighted by Gasteiger charge is -2.13. The highest BCUT2D eigenvalue weighted by atomic mass is 16.4. The second-order valence-electron chi connectivity index (χ2n) is 4.58. The molecule has 7 nitrogen and oxygen atoms in total.